The van der Waals surface area contributed by atoms with Crippen LogP contribution in [0.2, 0.25) is 5.02 Å². The number of carbonyl (C=O) groups is 1. The van der Waals surface area contributed by atoms with Crippen LogP contribution in [-0.4, -0.2) is 15.4 Å². The predicted molar refractivity (Wildman–Crippen MR) is 54.8 cm³/mol. The second-order valence-electron chi connectivity index (χ2n) is 3.01. The lowest BCUT2D eigenvalue weighted by molar-refractivity contribution is 0.0989. The smallest absolute Gasteiger partial charge is 0.166 e. The average molecular weight is 209 g/mol. The molecule has 0 bridgehead atoms. The summed E-state index contributed by atoms with van der Waals surface area (Å²) in [6, 6.07) is 3.56. The Hall–Kier alpha value is -1.35. The average Bonchev–Trinajstić information content (AvgIpc) is 2.59. The zero-order valence-electron chi connectivity index (χ0n) is 7.70. The number of carbonyl (C=O) groups excluding carboxylic acids is 1. The highest BCUT2D eigenvalue weighted by molar-refractivity contribution is 6.30. The van der Waals surface area contributed by atoms with Crippen LogP contribution in [0.25, 0.3) is 5.52 Å². The first-order valence-corrected chi connectivity index (χ1v) is 4.76. The largest absolute Gasteiger partial charge is 0.294 e. The van der Waals surface area contributed by atoms with E-state index in [1.165, 1.54) is 0 Å². The first-order chi connectivity index (χ1) is 6.72. The van der Waals surface area contributed by atoms with Crippen LogP contribution in [0.4, 0.5) is 0 Å². The van der Waals surface area contributed by atoms with Crippen LogP contribution in [0.5, 0.6) is 0 Å². The summed E-state index contributed by atoms with van der Waals surface area (Å²) in [5.74, 6) is 0.0994. The van der Waals surface area contributed by atoms with Crippen molar-refractivity contribution in [2.75, 3.05) is 0 Å². The molecular formula is C10H9ClN2O. The van der Waals surface area contributed by atoms with Gasteiger partial charge in [0.25, 0.3) is 0 Å². The molecule has 0 aliphatic heterocycles. The summed E-state index contributed by atoms with van der Waals surface area (Å²) in [6.07, 6.45) is 3.75. The molecule has 0 spiro atoms. The highest BCUT2D eigenvalue weighted by Crippen LogP contribution is 2.15. The molecule has 2 heterocycles. The first-order valence-electron chi connectivity index (χ1n) is 4.38. The maximum absolute atomic E-state index is 11.5. The molecule has 0 saturated carbocycles. The van der Waals surface area contributed by atoms with Crippen LogP contribution in [0, 0.1) is 0 Å². The quantitative estimate of drug-likeness (QED) is 0.711. The van der Waals surface area contributed by atoms with Crippen molar-refractivity contribution < 1.29 is 4.79 Å². The Labute approximate surface area is 86.3 Å². The van der Waals surface area contributed by atoms with E-state index < -0.39 is 0 Å². The van der Waals surface area contributed by atoms with Crippen LogP contribution in [0.3, 0.4) is 0 Å². The molecule has 4 heteroatoms. The minimum absolute atomic E-state index is 0.0994. The van der Waals surface area contributed by atoms with E-state index in [1.807, 2.05) is 6.92 Å². The molecule has 0 radical (unpaired) electrons. The molecule has 0 unspecified atom stereocenters. The van der Waals surface area contributed by atoms with Gasteiger partial charge in [-0.1, -0.05) is 18.5 Å². The van der Waals surface area contributed by atoms with E-state index in [-0.39, 0.29) is 5.78 Å². The Morgan fingerprint density at radius 1 is 1.57 bits per heavy atom. The van der Waals surface area contributed by atoms with Gasteiger partial charge in [0.1, 0.15) is 0 Å². The number of hydrogen-bond acceptors (Lipinski definition) is 2. The van der Waals surface area contributed by atoms with Crippen LogP contribution >= 0.6 is 11.6 Å². The van der Waals surface area contributed by atoms with Gasteiger partial charge in [0.05, 0.1) is 22.3 Å². The molecule has 2 aromatic heterocycles. The summed E-state index contributed by atoms with van der Waals surface area (Å²) in [5, 5.41) is 4.67. The number of pyridine rings is 1. The lowest BCUT2D eigenvalue weighted by atomic mass is 10.1. The van der Waals surface area contributed by atoms with E-state index in [0.29, 0.717) is 17.0 Å². The SMILES string of the molecule is CCC(=O)c1cnn2cc(Cl)ccc12. The van der Waals surface area contributed by atoms with E-state index >= 15 is 0 Å². The molecule has 0 amide bonds. The van der Waals surface area contributed by atoms with Crippen LogP contribution in [-0.2, 0) is 0 Å². The molecule has 72 valence electrons. The topological polar surface area (TPSA) is 34.4 Å². The van der Waals surface area contributed by atoms with Crippen molar-refractivity contribution in [3.63, 3.8) is 0 Å². The number of hydrogen-bond donors (Lipinski definition) is 0. The second kappa shape index (κ2) is 3.42. The lowest BCUT2D eigenvalue weighted by Crippen LogP contribution is -1.95. The van der Waals surface area contributed by atoms with Gasteiger partial charge in [-0.25, -0.2) is 4.52 Å². The molecular weight excluding hydrogens is 200 g/mol. The highest BCUT2D eigenvalue weighted by Gasteiger charge is 2.10. The summed E-state index contributed by atoms with van der Waals surface area (Å²) in [4.78, 5) is 11.5. The molecule has 0 saturated heterocycles. The number of Topliss-reactive ketones (excluding diaryl/α,β-unsaturated/α-hetero) is 1. The number of ketones is 1. The van der Waals surface area contributed by atoms with E-state index in [0.717, 1.165) is 5.52 Å². The second-order valence-corrected chi connectivity index (χ2v) is 3.45. The van der Waals surface area contributed by atoms with Crippen LogP contribution < -0.4 is 0 Å². The van der Waals surface area contributed by atoms with Gasteiger partial charge in [-0.3, -0.25) is 4.79 Å². The molecule has 0 aliphatic rings. The summed E-state index contributed by atoms with van der Waals surface area (Å²) in [6.45, 7) is 1.84. The van der Waals surface area contributed by atoms with Crippen molar-refractivity contribution in [1.82, 2.24) is 9.61 Å². The normalized spacial score (nSPS) is 10.7. The number of halogens is 1. The van der Waals surface area contributed by atoms with Gasteiger partial charge in [0, 0.05) is 12.6 Å². The third-order valence-electron chi connectivity index (χ3n) is 2.10. The van der Waals surface area contributed by atoms with Crippen molar-refractivity contribution >= 4 is 22.9 Å². The summed E-state index contributed by atoms with van der Waals surface area (Å²) < 4.78 is 1.62. The van der Waals surface area contributed by atoms with Gasteiger partial charge >= 0.3 is 0 Å². The number of aromatic nitrogens is 2. The highest BCUT2D eigenvalue weighted by atomic mass is 35.5. The fourth-order valence-corrected chi connectivity index (χ4v) is 1.52. The third kappa shape index (κ3) is 1.40. The van der Waals surface area contributed by atoms with Crippen LogP contribution in [0.15, 0.2) is 24.5 Å². The first kappa shape index (κ1) is 9.21. The van der Waals surface area contributed by atoms with Gasteiger partial charge in [-0.05, 0) is 12.1 Å². The van der Waals surface area contributed by atoms with Gasteiger partial charge in [0.15, 0.2) is 5.78 Å². The summed E-state index contributed by atoms with van der Waals surface area (Å²) >= 11 is 5.80. The molecule has 0 N–H and O–H groups in total. The Bertz CT molecular complexity index is 490. The zero-order valence-corrected chi connectivity index (χ0v) is 8.45. The molecule has 0 atom stereocenters. The zero-order chi connectivity index (χ0) is 10.1. The van der Waals surface area contributed by atoms with Gasteiger partial charge in [-0.15, -0.1) is 0 Å². The standard InChI is InChI=1S/C10H9ClN2O/c1-2-10(14)8-5-12-13-6-7(11)3-4-9(8)13/h3-6H,2H2,1H3. The van der Waals surface area contributed by atoms with Crippen molar-refractivity contribution in [3.8, 4) is 0 Å². The van der Waals surface area contributed by atoms with Crippen molar-refractivity contribution in [3.05, 3.63) is 35.1 Å². The number of nitrogens with zero attached hydrogens (tertiary/aromatic N) is 2. The van der Waals surface area contributed by atoms with E-state index in [2.05, 4.69) is 5.10 Å². The van der Waals surface area contributed by atoms with Gasteiger partial charge < -0.3 is 0 Å². The summed E-state index contributed by atoms with van der Waals surface area (Å²) in [5.41, 5.74) is 1.46. The minimum atomic E-state index is 0.0994. The fraction of sp³-hybridized carbons (Fsp3) is 0.200. The Morgan fingerprint density at radius 2 is 2.36 bits per heavy atom. The summed E-state index contributed by atoms with van der Waals surface area (Å²) in [7, 11) is 0. The molecule has 0 fully saturated rings. The number of fused-ring (bicyclic) bond motifs is 1. The van der Waals surface area contributed by atoms with E-state index in [4.69, 9.17) is 11.6 Å². The molecule has 0 aliphatic carbocycles. The maximum atomic E-state index is 11.5. The molecule has 2 rings (SSSR count). The number of rotatable bonds is 2. The minimum Gasteiger partial charge on any atom is -0.294 e. The van der Waals surface area contributed by atoms with Crippen molar-refractivity contribution in [2.24, 2.45) is 0 Å². The van der Waals surface area contributed by atoms with Gasteiger partial charge in [-0.2, -0.15) is 5.10 Å². The Balaban J connectivity index is 2.64. The van der Waals surface area contributed by atoms with Crippen LogP contribution in [0.1, 0.15) is 23.7 Å². The molecule has 14 heavy (non-hydrogen) atoms. The van der Waals surface area contributed by atoms with E-state index in [1.54, 1.807) is 29.0 Å². The maximum Gasteiger partial charge on any atom is 0.166 e. The van der Waals surface area contributed by atoms with E-state index in [9.17, 15) is 4.79 Å². The predicted octanol–water partition coefficient (Wildman–Crippen LogP) is 2.58. The molecule has 0 aromatic carbocycles. The molecule has 2 aromatic rings. The Morgan fingerprint density at radius 3 is 3.07 bits per heavy atom. The Kier molecular flexibility index (Phi) is 2.25. The van der Waals surface area contributed by atoms with Crippen molar-refractivity contribution in [2.45, 2.75) is 13.3 Å². The van der Waals surface area contributed by atoms with Gasteiger partial charge in [0.2, 0.25) is 0 Å². The lowest BCUT2D eigenvalue weighted by Gasteiger charge is -1.96. The molecule has 3 nitrogen and oxygen atoms in total. The fourth-order valence-electron chi connectivity index (χ4n) is 1.36. The van der Waals surface area contributed by atoms with Crippen molar-refractivity contribution in [1.29, 1.82) is 0 Å². The third-order valence-corrected chi connectivity index (χ3v) is 2.33. The monoisotopic (exact) mass is 208 g/mol.